The van der Waals surface area contributed by atoms with Crippen molar-refractivity contribution in [3.8, 4) is 0 Å². The molecule has 2 saturated heterocycles. The predicted molar refractivity (Wildman–Crippen MR) is 75.1 cm³/mol. The molecule has 3 heterocycles. The highest BCUT2D eigenvalue weighted by Crippen LogP contribution is 2.27. The van der Waals surface area contributed by atoms with Crippen LogP contribution in [0.5, 0.6) is 0 Å². The van der Waals surface area contributed by atoms with E-state index in [1.807, 2.05) is 35.9 Å². The number of aryl methyl sites for hydroxylation is 1. The molecule has 7 heteroatoms. The van der Waals surface area contributed by atoms with Gasteiger partial charge >= 0.3 is 6.03 Å². The van der Waals surface area contributed by atoms with E-state index in [0.29, 0.717) is 0 Å². The Bertz CT molecular complexity index is 499. The number of piperazine rings is 1. The van der Waals surface area contributed by atoms with Crippen LogP contribution in [0.2, 0.25) is 0 Å². The van der Waals surface area contributed by atoms with Crippen LogP contribution in [-0.2, 0) is 7.05 Å². The Morgan fingerprint density at radius 1 is 1.50 bits per heavy atom. The smallest absolute Gasteiger partial charge is 0.317 e. The number of rotatable bonds is 3. The lowest BCUT2D eigenvalue weighted by Crippen LogP contribution is -2.55. The molecule has 20 heavy (non-hydrogen) atoms. The average molecular weight is 278 g/mol. The lowest BCUT2D eigenvalue weighted by Gasteiger charge is -2.41. The zero-order chi connectivity index (χ0) is 14.3. The van der Waals surface area contributed by atoms with Crippen LogP contribution in [0.1, 0.15) is 18.5 Å². The quantitative estimate of drug-likeness (QED) is 0.782. The van der Waals surface area contributed by atoms with Gasteiger partial charge in [-0.25, -0.2) is 4.79 Å². The van der Waals surface area contributed by atoms with E-state index < -0.39 is 0 Å². The van der Waals surface area contributed by atoms with Crippen LogP contribution in [0, 0.1) is 0 Å². The van der Waals surface area contributed by atoms with Crippen molar-refractivity contribution in [1.29, 1.82) is 0 Å². The molecule has 110 valence electrons. The van der Waals surface area contributed by atoms with Gasteiger partial charge in [0.05, 0.1) is 18.3 Å². The molecule has 2 fully saturated rings. The van der Waals surface area contributed by atoms with E-state index >= 15 is 0 Å². The first-order valence-electron chi connectivity index (χ1n) is 7.09. The lowest BCUT2D eigenvalue weighted by atomic mass is 10.0. The SMILES string of the molecule is CC(N)C(c1cnn(C)c1)N1CCN2C(=O)NCC2C1. The molecule has 0 aliphatic carbocycles. The van der Waals surface area contributed by atoms with Crippen LogP contribution in [0.25, 0.3) is 0 Å². The molecule has 2 amide bonds. The van der Waals surface area contributed by atoms with Gasteiger partial charge in [-0.1, -0.05) is 0 Å². The van der Waals surface area contributed by atoms with Gasteiger partial charge in [0.2, 0.25) is 0 Å². The highest BCUT2D eigenvalue weighted by atomic mass is 16.2. The summed E-state index contributed by atoms with van der Waals surface area (Å²) in [6, 6.07) is 0.500. The summed E-state index contributed by atoms with van der Waals surface area (Å²) in [5.74, 6) is 0. The molecule has 3 rings (SSSR count). The van der Waals surface area contributed by atoms with Crippen LogP contribution in [0.15, 0.2) is 12.4 Å². The van der Waals surface area contributed by atoms with Crippen molar-refractivity contribution in [2.24, 2.45) is 12.8 Å². The minimum atomic E-state index is 0.0239. The highest BCUT2D eigenvalue weighted by molar-refractivity contribution is 5.77. The van der Waals surface area contributed by atoms with Crippen molar-refractivity contribution >= 4 is 6.03 Å². The van der Waals surface area contributed by atoms with Gasteiger partial charge in [-0.05, 0) is 6.92 Å². The number of hydrogen-bond acceptors (Lipinski definition) is 4. The number of nitrogens with one attached hydrogen (secondary N) is 1. The van der Waals surface area contributed by atoms with E-state index in [2.05, 4.69) is 15.3 Å². The Kier molecular flexibility index (Phi) is 3.39. The highest BCUT2D eigenvalue weighted by Gasteiger charge is 2.38. The number of carbonyl (C=O) groups is 1. The van der Waals surface area contributed by atoms with Gasteiger partial charge in [-0.3, -0.25) is 9.58 Å². The number of nitrogens with zero attached hydrogens (tertiary/aromatic N) is 4. The molecule has 0 saturated carbocycles. The first kappa shape index (κ1) is 13.4. The molecule has 2 aliphatic heterocycles. The molecule has 3 N–H and O–H groups in total. The third kappa shape index (κ3) is 2.27. The van der Waals surface area contributed by atoms with Gasteiger partial charge in [0.25, 0.3) is 0 Å². The molecule has 1 aromatic rings. The average Bonchev–Trinajstić information content (AvgIpc) is 2.97. The summed E-state index contributed by atoms with van der Waals surface area (Å²) in [6.07, 6.45) is 3.91. The first-order valence-corrected chi connectivity index (χ1v) is 7.09. The summed E-state index contributed by atoms with van der Waals surface area (Å²) in [5.41, 5.74) is 7.34. The summed E-state index contributed by atoms with van der Waals surface area (Å²) in [4.78, 5) is 16.0. The van der Waals surface area contributed by atoms with Crippen LogP contribution in [-0.4, -0.2) is 63.9 Å². The summed E-state index contributed by atoms with van der Waals surface area (Å²) < 4.78 is 1.81. The molecular formula is C13H22N6O. The minimum absolute atomic E-state index is 0.0239. The molecule has 7 nitrogen and oxygen atoms in total. The van der Waals surface area contributed by atoms with Crippen molar-refractivity contribution in [1.82, 2.24) is 24.9 Å². The van der Waals surface area contributed by atoms with Gasteiger partial charge in [-0.15, -0.1) is 0 Å². The third-order valence-corrected chi connectivity index (χ3v) is 4.22. The standard InChI is InChI=1S/C13H22N6O/c1-9(14)12(10-5-16-17(2)7-10)18-3-4-19-11(8-18)6-15-13(19)20/h5,7,9,11-12H,3-4,6,8,14H2,1-2H3,(H,15,20). The second-order valence-electron chi connectivity index (χ2n) is 5.78. The monoisotopic (exact) mass is 278 g/mol. The topological polar surface area (TPSA) is 79.4 Å². The van der Waals surface area contributed by atoms with Crippen LogP contribution in [0.3, 0.4) is 0 Å². The Balaban J connectivity index is 1.78. The molecule has 2 aliphatic rings. The Hall–Kier alpha value is -1.60. The number of fused-ring (bicyclic) bond motifs is 1. The van der Waals surface area contributed by atoms with E-state index in [9.17, 15) is 4.79 Å². The molecule has 0 aromatic carbocycles. The summed E-state index contributed by atoms with van der Waals surface area (Å²) in [6.45, 7) is 5.24. The summed E-state index contributed by atoms with van der Waals surface area (Å²) in [7, 11) is 1.92. The molecule has 0 spiro atoms. The van der Waals surface area contributed by atoms with Gasteiger partial charge in [0.15, 0.2) is 0 Å². The van der Waals surface area contributed by atoms with E-state index in [0.717, 1.165) is 31.7 Å². The largest absolute Gasteiger partial charge is 0.336 e. The van der Waals surface area contributed by atoms with Gasteiger partial charge in [0.1, 0.15) is 0 Å². The van der Waals surface area contributed by atoms with Crippen molar-refractivity contribution in [2.45, 2.75) is 25.0 Å². The van der Waals surface area contributed by atoms with E-state index in [4.69, 9.17) is 5.73 Å². The molecule has 3 unspecified atom stereocenters. The molecular weight excluding hydrogens is 256 g/mol. The predicted octanol–water partition coefficient (Wildman–Crippen LogP) is -0.482. The van der Waals surface area contributed by atoms with Crippen molar-refractivity contribution in [3.63, 3.8) is 0 Å². The van der Waals surface area contributed by atoms with Crippen LogP contribution < -0.4 is 11.1 Å². The Morgan fingerprint density at radius 2 is 2.30 bits per heavy atom. The maximum atomic E-state index is 11.7. The molecule has 3 atom stereocenters. The first-order chi connectivity index (χ1) is 9.56. The number of hydrogen-bond donors (Lipinski definition) is 2. The second kappa shape index (κ2) is 5.06. The number of aromatic nitrogens is 2. The van der Waals surface area contributed by atoms with Gasteiger partial charge < -0.3 is 16.0 Å². The van der Waals surface area contributed by atoms with Crippen molar-refractivity contribution in [3.05, 3.63) is 18.0 Å². The Morgan fingerprint density at radius 3 is 2.95 bits per heavy atom. The van der Waals surface area contributed by atoms with Crippen LogP contribution >= 0.6 is 0 Å². The van der Waals surface area contributed by atoms with Gasteiger partial charge in [-0.2, -0.15) is 5.10 Å². The number of amides is 2. The van der Waals surface area contributed by atoms with Gasteiger partial charge in [0, 0.05) is 51.0 Å². The van der Waals surface area contributed by atoms with E-state index in [-0.39, 0.29) is 24.2 Å². The summed E-state index contributed by atoms with van der Waals surface area (Å²) >= 11 is 0. The molecule has 0 radical (unpaired) electrons. The third-order valence-electron chi connectivity index (χ3n) is 4.22. The zero-order valence-electron chi connectivity index (χ0n) is 12.0. The number of nitrogens with two attached hydrogens (primary N) is 1. The maximum absolute atomic E-state index is 11.7. The molecule has 1 aromatic heterocycles. The number of urea groups is 1. The fraction of sp³-hybridized carbons (Fsp3) is 0.692. The molecule has 0 bridgehead atoms. The minimum Gasteiger partial charge on any atom is -0.336 e. The maximum Gasteiger partial charge on any atom is 0.317 e. The fourth-order valence-electron chi connectivity index (χ4n) is 3.32. The van der Waals surface area contributed by atoms with Crippen molar-refractivity contribution < 1.29 is 4.79 Å². The van der Waals surface area contributed by atoms with E-state index in [1.54, 1.807) is 0 Å². The zero-order valence-corrected chi connectivity index (χ0v) is 12.0. The van der Waals surface area contributed by atoms with Crippen molar-refractivity contribution in [2.75, 3.05) is 26.2 Å². The second-order valence-corrected chi connectivity index (χ2v) is 5.78. The Labute approximate surface area is 118 Å². The van der Waals surface area contributed by atoms with E-state index in [1.165, 1.54) is 0 Å². The van der Waals surface area contributed by atoms with Crippen LogP contribution in [0.4, 0.5) is 4.79 Å². The fourth-order valence-corrected chi connectivity index (χ4v) is 3.32. The lowest BCUT2D eigenvalue weighted by molar-refractivity contribution is 0.0795. The number of carbonyl (C=O) groups excluding carboxylic acids is 1. The summed E-state index contributed by atoms with van der Waals surface area (Å²) in [5, 5.41) is 7.16. The normalized spacial score (nSPS) is 26.2.